The summed E-state index contributed by atoms with van der Waals surface area (Å²) >= 11 is 0. The van der Waals surface area contributed by atoms with Gasteiger partial charge in [0.25, 0.3) is 0 Å². The van der Waals surface area contributed by atoms with Crippen LogP contribution in [0.4, 0.5) is 0 Å². The van der Waals surface area contributed by atoms with Crippen LogP contribution in [0.1, 0.15) is 0 Å². The van der Waals surface area contributed by atoms with E-state index in [-0.39, 0.29) is 0 Å². The Kier molecular flexibility index (Phi) is 2.07. The maximum absolute atomic E-state index is 5.33. The van der Waals surface area contributed by atoms with Gasteiger partial charge in [-0.05, 0) is 23.8 Å². The van der Waals surface area contributed by atoms with Gasteiger partial charge in [0.15, 0.2) is 0 Å². The van der Waals surface area contributed by atoms with E-state index in [0.717, 1.165) is 22.6 Å². The number of aromatic nitrogens is 2. The quantitative estimate of drug-likeness (QED) is 0.704. The number of aromatic amines is 1. The molecule has 0 aliphatic heterocycles. The van der Waals surface area contributed by atoms with Gasteiger partial charge >= 0.3 is 0 Å². The van der Waals surface area contributed by atoms with Gasteiger partial charge in [-0.1, -0.05) is 24.3 Å². The molecule has 3 rings (SSSR count). The average molecular weight is 210 g/mol. The molecule has 0 aliphatic carbocycles. The highest BCUT2D eigenvalue weighted by Crippen LogP contribution is 2.23. The summed E-state index contributed by atoms with van der Waals surface area (Å²) in [5, 5.41) is 6.86. The van der Waals surface area contributed by atoms with Gasteiger partial charge in [-0.25, -0.2) is 0 Å². The van der Waals surface area contributed by atoms with Crippen LogP contribution >= 0.6 is 0 Å². The molecule has 0 atom stereocenters. The molecule has 0 radical (unpaired) electrons. The van der Waals surface area contributed by atoms with Crippen molar-refractivity contribution in [2.24, 2.45) is 0 Å². The summed E-state index contributed by atoms with van der Waals surface area (Å²) in [5.74, 6) is 0.885. The van der Waals surface area contributed by atoms with Crippen molar-refractivity contribution in [3.63, 3.8) is 0 Å². The normalized spacial score (nSPS) is 10.5. The lowest BCUT2D eigenvalue weighted by Gasteiger charge is -1.99. The predicted molar refractivity (Wildman–Crippen MR) is 61.7 cm³/mol. The molecule has 3 aromatic rings. The van der Waals surface area contributed by atoms with Crippen molar-refractivity contribution < 1.29 is 4.42 Å². The van der Waals surface area contributed by atoms with Crippen molar-refractivity contribution in [1.82, 2.24) is 10.2 Å². The molecule has 1 aromatic carbocycles. The Morgan fingerprint density at radius 3 is 2.38 bits per heavy atom. The van der Waals surface area contributed by atoms with Crippen LogP contribution in [0.15, 0.2) is 59.3 Å². The molecule has 0 fully saturated rings. The van der Waals surface area contributed by atoms with E-state index in [1.165, 1.54) is 0 Å². The van der Waals surface area contributed by atoms with Gasteiger partial charge in [0, 0.05) is 11.8 Å². The third-order valence-corrected chi connectivity index (χ3v) is 2.50. The molecule has 0 amide bonds. The highest BCUT2D eigenvalue weighted by Gasteiger charge is 2.02. The largest absolute Gasteiger partial charge is 0.464 e. The Balaban J connectivity index is 1.97. The predicted octanol–water partition coefficient (Wildman–Crippen LogP) is 3.34. The van der Waals surface area contributed by atoms with Crippen LogP contribution in [0.25, 0.3) is 22.6 Å². The van der Waals surface area contributed by atoms with E-state index in [0.29, 0.717) is 0 Å². The fourth-order valence-corrected chi connectivity index (χ4v) is 1.67. The zero-order chi connectivity index (χ0) is 10.8. The topological polar surface area (TPSA) is 41.8 Å². The maximum Gasteiger partial charge on any atom is 0.133 e. The number of hydrogen-bond acceptors (Lipinski definition) is 2. The molecule has 0 saturated heterocycles. The number of nitrogens with one attached hydrogen (secondary N) is 1. The first-order chi connectivity index (χ1) is 7.93. The molecule has 0 saturated carbocycles. The number of hydrogen-bond donors (Lipinski definition) is 1. The molecule has 2 aromatic heterocycles. The van der Waals surface area contributed by atoms with Crippen LogP contribution in [-0.4, -0.2) is 10.2 Å². The van der Waals surface area contributed by atoms with E-state index in [1.54, 1.807) is 12.5 Å². The van der Waals surface area contributed by atoms with E-state index < -0.39 is 0 Å². The number of rotatable bonds is 2. The second-order valence-corrected chi connectivity index (χ2v) is 3.52. The Hall–Kier alpha value is -2.29. The minimum Gasteiger partial charge on any atom is -0.464 e. The van der Waals surface area contributed by atoms with Crippen molar-refractivity contribution in [3.8, 4) is 22.6 Å². The van der Waals surface area contributed by atoms with Crippen LogP contribution < -0.4 is 0 Å². The zero-order valence-electron chi connectivity index (χ0n) is 8.55. The van der Waals surface area contributed by atoms with Crippen molar-refractivity contribution in [1.29, 1.82) is 0 Å². The molecule has 1 N–H and O–H groups in total. The van der Waals surface area contributed by atoms with Crippen molar-refractivity contribution in [2.75, 3.05) is 0 Å². The monoisotopic (exact) mass is 210 g/mol. The summed E-state index contributed by atoms with van der Waals surface area (Å²) in [4.78, 5) is 0. The number of furan rings is 1. The fourth-order valence-electron chi connectivity index (χ4n) is 1.67. The minimum atomic E-state index is 0.885. The van der Waals surface area contributed by atoms with Gasteiger partial charge < -0.3 is 4.42 Å². The smallest absolute Gasteiger partial charge is 0.133 e. The Labute approximate surface area is 92.7 Å². The third kappa shape index (κ3) is 1.52. The molecule has 0 bridgehead atoms. The van der Waals surface area contributed by atoms with Crippen molar-refractivity contribution in [3.05, 3.63) is 54.9 Å². The molecule has 0 spiro atoms. The zero-order valence-corrected chi connectivity index (χ0v) is 8.55. The highest BCUT2D eigenvalue weighted by atomic mass is 16.3. The molecule has 2 heterocycles. The Morgan fingerprint density at radius 2 is 1.75 bits per heavy atom. The molecule has 3 nitrogen and oxygen atoms in total. The Morgan fingerprint density at radius 1 is 0.938 bits per heavy atom. The standard InChI is InChI=1S/C13H10N2O/c1-2-13(16-9-1)11-5-3-10(4-6-11)12-7-8-14-15-12/h1-9H,(H,14,15). The van der Waals surface area contributed by atoms with E-state index >= 15 is 0 Å². The van der Waals surface area contributed by atoms with Gasteiger partial charge in [0.2, 0.25) is 0 Å². The van der Waals surface area contributed by atoms with Gasteiger partial charge in [-0.3, -0.25) is 5.10 Å². The summed E-state index contributed by atoms with van der Waals surface area (Å²) in [6.45, 7) is 0. The van der Waals surface area contributed by atoms with Crippen LogP contribution in [0.2, 0.25) is 0 Å². The summed E-state index contributed by atoms with van der Waals surface area (Å²) in [7, 11) is 0. The summed E-state index contributed by atoms with van der Waals surface area (Å²) < 4.78 is 5.33. The number of H-pyrrole nitrogens is 1. The van der Waals surface area contributed by atoms with E-state index in [2.05, 4.69) is 10.2 Å². The first-order valence-electron chi connectivity index (χ1n) is 5.07. The average Bonchev–Trinajstić information content (AvgIpc) is 3.03. The number of nitrogens with zero attached hydrogens (tertiary/aromatic N) is 1. The SMILES string of the molecule is c1coc(-c2ccc(-c3ccn[nH]3)cc2)c1. The van der Waals surface area contributed by atoms with E-state index in [4.69, 9.17) is 4.42 Å². The minimum absolute atomic E-state index is 0.885. The van der Waals surface area contributed by atoms with Gasteiger partial charge in [-0.2, -0.15) is 5.10 Å². The molecule has 0 unspecified atom stereocenters. The van der Waals surface area contributed by atoms with Gasteiger partial charge in [0.1, 0.15) is 5.76 Å². The first-order valence-corrected chi connectivity index (χ1v) is 5.07. The van der Waals surface area contributed by atoms with Crippen LogP contribution in [0.5, 0.6) is 0 Å². The first kappa shape index (κ1) is 8.97. The fraction of sp³-hybridized carbons (Fsp3) is 0. The maximum atomic E-state index is 5.33. The van der Waals surface area contributed by atoms with Crippen LogP contribution in [0, 0.1) is 0 Å². The summed E-state index contributed by atoms with van der Waals surface area (Å²) in [6, 6.07) is 14.0. The second kappa shape index (κ2) is 3.70. The van der Waals surface area contributed by atoms with Crippen LogP contribution in [0.3, 0.4) is 0 Å². The van der Waals surface area contributed by atoms with Crippen LogP contribution in [-0.2, 0) is 0 Å². The lowest BCUT2D eigenvalue weighted by atomic mass is 10.1. The third-order valence-electron chi connectivity index (χ3n) is 2.50. The molecule has 16 heavy (non-hydrogen) atoms. The van der Waals surface area contributed by atoms with E-state index in [1.807, 2.05) is 42.5 Å². The molecular formula is C13H10N2O. The second-order valence-electron chi connectivity index (χ2n) is 3.52. The molecule has 0 aliphatic rings. The lowest BCUT2D eigenvalue weighted by molar-refractivity contribution is 0.582. The molecule has 78 valence electrons. The molecular weight excluding hydrogens is 200 g/mol. The van der Waals surface area contributed by atoms with Crippen molar-refractivity contribution >= 4 is 0 Å². The highest BCUT2D eigenvalue weighted by molar-refractivity contribution is 5.65. The summed E-state index contributed by atoms with van der Waals surface area (Å²) in [5.41, 5.74) is 3.21. The van der Waals surface area contributed by atoms with E-state index in [9.17, 15) is 0 Å². The molecule has 3 heteroatoms. The van der Waals surface area contributed by atoms with Gasteiger partial charge in [-0.15, -0.1) is 0 Å². The number of benzene rings is 1. The lowest BCUT2D eigenvalue weighted by Crippen LogP contribution is -1.79. The van der Waals surface area contributed by atoms with Gasteiger partial charge in [0.05, 0.1) is 12.0 Å². The Bertz CT molecular complexity index is 497. The van der Waals surface area contributed by atoms with Crippen molar-refractivity contribution in [2.45, 2.75) is 0 Å². The summed E-state index contributed by atoms with van der Waals surface area (Å²) in [6.07, 6.45) is 3.42.